The van der Waals surface area contributed by atoms with Gasteiger partial charge in [0.1, 0.15) is 18.0 Å². The molecule has 2 amide bonds. The number of carbonyl (C=O) groups is 5. The van der Waals surface area contributed by atoms with Crippen molar-refractivity contribution in [2.24, 2.45) is 0 Å². The summed E-state index contributed by atoms with van der Waals surface area (Å²) >= 11 is 0. The maximum Gasteiger partial charge on any atom is 0.322 e. The zero-order chi connectivity index (χ0) is 44.3. The largest absolute Gasteiger partial charge is 0.496 e. The molecule has 20 heteroatoms. The molecule has 0 saturated carbocycles. The molecule has 1 aromatic heterocycles. The Morgan fingerprint density at radius 3 is 1.79 bits per heavy atom. The van der Waals surface area contributed by atoms with Crippen LogP contribution in [0.5, 0.6) is 11.5 Å². The molecule has 2 heterocycles. The van der Waals surface area contributed by atoms with Crippen LogP contribution in [0, 0.1) is 0 Å². The van der Waals surface area contributed by atoms with Crippen molar-refractivity contribution in [3.63, 3.8) is 0 Å². The van der Waals surface area contributed by atoms with Crippen molar-refractivity contribution in [2.75, 3.05) is 125 Å². The van der Waals surface area contributed by atoms with Crippen molar-refractivity contribution < 1.29 is 58.2 Å². The number of hydrogen-bond donors (Lipinski definition) is 6. The van der Waals surface area contributed by atoms with Crippen LogP contribution < -0.4 is 25.4 Å². The quantitative estimate of drug-likeness (QED) is 0.0692. The van der Waals surface area contributed by atoms with E-state index < -0.39 is 30.4 Å². The van der Waals surface area contributed by atoms with E-state index in [1.165, 1.54) is 14.2 Å². The van der Waals surface area contributed by atoms with Gasteiger partial charge in [0.15, 0.2) is 5.69 Å². The number of ether oxygens (including phenoxy) is 4. The highest BCUT2D eigenvalue weighted by molar-refractivity contribution is 5.95. The molecule has 20 nitrogen and oxygen atoms in total. The summed E-state index contributed by atoms with van der Waals surface area (Å²) in [6.07, 6.45) is 0. The van der Waals surface area contributed by atoms with Gasteiger partial charge in [-0.05, 0) is 47.9 Å². The molecule has 0 atom stereocenters. The van der Waals surface area contributed by atoms with Gasteiger partial charge >= 0.3 is 17.9 Å². The second-order valence-electron chi connectivity index (χ2n) is 14.5. The van der Waals surface area contributed by atoms with E-state index in [1.807, 2.05) is 36.9 Å². The molecule has 1 fully saturated rings. The van der Waals surface area contributed by atoms with Crippen molar-refractivity contribution in [3.8, 4) is 28.4 Å². The number of carbonyl (C=O) groups excluding carboxylic acids is 2. The van der Waals surface area contributed by atoms with E-state index in [9.17, 15) is 34.2 Å². The Morgan fingerprint density at radius 1 is 0.705 bits per heavy atom. The third-order valence-electron chi connectivity index (χ3n) is 9.70. The van der Waals surface area contributed by atoms with Crippen molar-refractivity contribution in [1.29, 1.82) is 0 Å². The highest BCUT2D eigenvalue weighted by atomic mass is 16.5. The smallest absolute Gasteiger partial charge is 0.322 e. The molecule has 0 spiro atoms. The lowest BCUT2D eigenvalue weighted by atomic mass is 9.99. The van der Waals surface area contributed by atoms with E-state index in [-0.39, 0.29) is 43.8 Å². The maximum absolute atomic E-state index is 13.0. The molecule has 0 aliphatic carbocycles. The molecule has 334 valence electrons. The molecule has 6 N–H and O–H groups in total. The minimum Gasteiger partial charge on any atom is -0.496 e. The number of anilines is 1. The SMILES string of the molecule is COc1cccc(OC)c1-c1cc(C(=O)NCC(=O)O)nn1-c1ccc(NCCOCCOCCNC(=O)CN2CCN(CC(=O)O)CCN(CC(=O)O)CC2)cc1C(C)C. The minimum atomic E-state index is -1.18. The second-order valence-corrected chi connectivity index (χ2v) is 14.5. The van der Waals surface area contributed by atoms with E-state index in [2.05, 4.69) is 21.0 Å². The Hall–Kier alpha value is -5.80. The minimum absolute atomic E-state index is 0.0171. The van der Waals surface area contributed by atoms with Gasteiger partial charge in [-0.2, -0.15) is 5.10 Å². The maximum atomic E-state index is 13.0. The summed E-state index contributed by atoms with van der Waals surface area (Å²) < 4.78 is 24.3. The van der Waals surface area contributed by atoms with Crippen LogP contribution in [0.1, 0.15) is 35.8 Å². The van der Waals surface area contributed by atoms with Gasteiger partial charge in [-0.3, -0.25) is 38.7 Å². The molecule has 1 aliphatic rings. The van der Waals surface area contributed by atoms with Crippen LogP contribution >= 0.6 is 0 Å². The summed E-state index contributed by atoms with van der Waals surface area (Å²) in [5.74, 6) is -2.94. The molecule has 1 aliphatic heterocycles. The number of carboxylic acids is 3. The Labute approximate surface area is 354 Å². The first-order valence-corrected chi connectivity index (χ1v) is 20.0. The van der Waals surface area contributed by atoms with Gasteiger partial charge < -0.3 is 50.2 Å². The lowest BCUT2D eigenvalue weighted by molar-refractivity contribution is -0.140. The molecule has 3 aromatic rings. The first kappa shape index (κ1) is 47.9. The predicted molar refractivity (Wildman–Crippen MR) is 224 cm³/mol. The van der Waals surface area contributed by atoms with Crippen LogP contribution in [0.3, 0.4) is 0 Å². The summed E-state index contributed by atoms with van der Waals surface area (Å²) in [5.41, 5.74) is 3.55. The zero-order valence-corrected chi connectivity index (χ0v) is 35.2. The number of methoxy groups -OCH3 is 2. The topological polar surface area (TPSA) is 247 Å². The summed E-state index contributed by atoms with van der Waals surface area (Å²) in [5, 5.41) is 40.8. The Morgan fingerprint density at radius 2 is 1.26 bits per heavy atom. The lowest BCUT2D eigenvalue weighted by Gasteiger charge is -2.24. The van der Waals surface area contributed by atoms with Gasteiger partial charge in [0.25, 0.3) is 5.91 Å². The number of benzene rings is 2. The molecule has 0 bridgehead atoms. The molecule has 61 heavy (non-hydrogen) atoms. The molecular formula is C41H58N8O12. The molecular weight excluding hydrogens is 796 g/mol. The average molecular weight is 855 g/mol. The van der Waals surface area contributed by atoms with Gasteiger partial charge in [-0.25, -0.2) is 4.68 Å². The summed E-state index contributed by atoms with van der Waals surface area (Å²) in [4.78, 5) is 64.8. The lowest BCUT2D eigenvalue weighted by Crippen LogP contribution is -2.43. The van der Waals surface area contributed by atoms with E-state index >= 15 is 0 Å². The van der Waals surface area contributed by atoms with Crippen LogP contribution in [0.25, 0.3) is 16.9 Å². The van der Waals surface area contributed by atoms with Gasteiger partial charge in [-0.1, -0.05) is 19.9 Å². The highest BCUT2D eigenvalue weighted by Gasteiger charge is 2.25. The fraction of sp³-hybridized carbons (Fsp3) is 0.512. The van der Waals surface area contributed by atoms with Crippen LogP contribution in [0.2, 0.25) is 0 Å². The standard InChI is InChI=1S/C41H58N8O12/c1-28(2)30-22-29(8-9-32(30)49-33(23-31(45-49)41(57)44-24-37(51)52)40-34(58-3)6-5-7-35(40)59-4)42-10-18-60-20-21-61-19-11-43-36(50)25-46-12-14-47(26-38(53)54)16-17-48(15-13-46)27-39(55)56/h5-9,22-23,28,42H,10-21,24-27H2,1-4H3,(H,43,50)(H,44,57)(H,51,52)(H,53,54)(H,55,56). The van der Waals surface area contributed by atoms with Crippen LogP contribution in [0.4, 0.5) is 5.69 Å². The number of nitrogens with one attached hydrogen (secondary N) is 3. The first-order valence-electron chi connectivity index (χ1n) is 20.0. The molecule has 0 radical (unpaired) electrons. The van der Waals surface area contributed by atoms with Crippen LogP contribution in [-0.2, 0) is 28.7 Å². The normalized spacial score (nSPS) is 14.1. The highest BCUT2D eigenvalue weighted by Crippen LogP contribution is 2.40. The fourth-order valence-corrected chi connectivity index (χ4v) is 6.68. The molecule has 4 rings (SSSR count). The predicted octanol–water partition coefficient (Wildman–Crippen LogP) is 1.14. The monoisotopic (exact) mass is 854 g/mol. The second kappa shape index (κ2) is 24.5. The van der Waals surface area contributed by atoms with Crippen molar-refractivity contribution in [3.05, 3.63) is 53.7 Å². The summed E-state index contributed by atoms with van der Waals surface area (Å²) in [7, 11) is 3.07. The number of amides is 2. The average Bonchev–Trinajstić information content (AvgIpc) is 3.69. The zero-order valence-electron chi connectivity index (χ0n) is 35.2. The van der Waals surface area contributed by atoms with Gasteiger partial charge in [0.2, 0.25) is 5.91 Å². The Kier molecular flexibility index (Phi) is 19.2. The summed E-state index contributed by atoms with van der Waals surface area (Å²) in [6, 6.07) is 12.7. The van der Waals surface area contributed by atoms with Crippen LogP contribution in [0.15, 0.2) is 42.5 Å². The van der Waals surface area contributed by atoms with Gasteiger partial charge in [0.05, 0.1) is 77.2 Å². The number of aromatic nitrogens is 2. The van der Waals surface area contributed by atoms with Gasteiger partial charge in [-0.15, -0.1) is 0 Å². The number of hydrogen-bond acceptors (Lipinski definition) is 14. The van der Waals surface area contributed by atoms with E-state index in [0.717, 1.165) is 11.3 Å². The third kappa shape index (κ3) is 15.3. The molecule has 1 saturated heterocycles. The van der Waals surface area contributed by atoms with Crippen molar-refractivity contribution in [1.82, 2.24) is 35.1 Å². The Balaban J connectivity index is 1.25. The van der Waals surface area contributed by atoms with E-state index in [0.29, 0.717) is 101 Å². The molecule has 0 unspecified atom stereocenters. The van der Waals surface area contributed by atoms with Crippen molar-refractivity contribution in [2.45, 2.75) is 19.8 Å². The van der Waals surface area contributed by atoms with E-state index in [1.54, 1.807) is 38.7 Å². The van der Waals surface area contributed by atoms with Crippen LogP contribution in [-0.4, -0.2) is 189 Å². The number of nitrogens with zero attached hydrogens (tertiary/aromatic N) is 5. The number of carboxylic acid groups (broad SMARTS) is 3. The Bertz CT molecular complexity index is 1890. The van der Waals surface area contributed by atoms with E-state index in [4.69, 9.17) is 24.1 Å². The van der Waals surface area contributed by atoms with Gasteiger partial charge in [0, 0.05) is 58.0 Å². The third-order valence-corrected chi connectivity index (χ3v) is 9.70. The van der Waals surface area contributed by atoms with Crippen molar-refractivity contribution >= 4 is 35.4 Å². The number of rotatable bonds is 24. The molecule has 2 aromatic carbocycles. The number of aliphatic carboxylic acids is 3. The summed E-state index contributed by atoms with van der Waals surface area (Å²) in [6.45, 7) is 8.15. The first-order chi connectivity index (χ1) is 29.3. The fourth-order valence-electron chi connectivity index (χ4n) is 6.68.